The Balaban J connectivity index is 2.31. The van der Waals surface area contributed by atoms with Gasteiger partial charge in [-0.25, -0.2) is 4.98 Å². The highest BCUT2D eigenvalue weighted by Crippen LogP contribution is 2.36. The molecule has 20 heavy (non-hydrogen) atoms. The molecule has 0 aromatic carbocycles. The van der Waals surface area contributed by atoms with E-state index < -0.39 is 4.92 Å². The van der Waals surface area contributed by atoms with Gasteiger partial charge in [-0.2, -0.15) is 0 Å². The second-order valence-electron chi connectivity index (χ2n) is 3.45. The quantitative estimate of drug-likeness (QED) is 0.491. The molecule has 2 heterocycles. The van der Waals surface area contributed by atoms with Gasteiger partial charge < -0.3 is 5.32 Å². The summed E-state index contributed by atoms with van der Waals surface area (Å²) in [6.45, 7) is 2.63. The lowest BCUT2D eigenvalue weighted by molar-refractivity contribution is -0.388. The molecule has 2 aromatic rings. The Bertz CT molecular complexity index is 619. The summed E-state index contributed by atoms with van der Waals surface area (Å²) in [5.74, 6) is 0.607. The maximum absolute atomic E-state index is 11.0. The van der Waals surface area contributed by atoms with Crippen LogP contribution in [0.1, 0.15) is 6.92 Å². The lowest BCUT2D eigenvalue weighted by atomic mass is 10.4. The minimum atomic E-state index is -0.443. The van der Waals surface area contributed by atoms with Gasteiger partial charge in [-0.15, -0.1) is 10.2 Å². The molecule has 0 aliphatic carbocycles. The Morgan fingerprint density at radius 2 is 2.15 bits per heavy atom. The van der Waals surface area contributed by atoms with E-state index in [1.54, 1.807) is 6.07 Å². The molecule has 106 valence electrons. The smallest absolute Gasteiger partial charge is 0.301 e. The normalized spacial score (nSPS) is 10.5. The summed E-state index contributed by atoms with van der Waals surface area (Å²) in [7, 11) is 0. The van der Waals surface area contributed by atoms with Crippen molar-refractivity contribution in [2.24, 2.45) is 0 Å². The van der Waals surface area contributed by atoms with E-state index in [0.29, 0.717) is 21.7 Å². The largest absolute Gasteiger partial charge is 0.370 e. The zero-order valence-corrected chi connectivity index (χ0v) is 13.1. The van der Waals surface area contributed by atoms with Gasteiger partial charge in [0.2, 0.25) is 0 Å². The van der Waals surface area contributed by atoms with Crippen molar-refractivity contribution >= 4 is 46.4 Å². The molecule has 0 saturated heterocycles. The van der Waals surface area contributed by atoms with Crippen molar-refractivity contribution in [1.29, 1.82) is 0 Å². The Kier molecular flexibility index (Phi) is 5.15. The molecule has 0 fully saturated rings. The van der Waals surface area contributed by atoms with Gasteiger partial charge in [0.1, 0.15) is 5.82 Å². The predicted octanol–water partition coefficient (Wildman–Crippen LogP) is 3.15. The van der Waals surface area contributed by atoms with Gasteiger partial charge in [-0.1, -0.05) is 23.1 Å². The number of thioether (sulfide) groups is 1. The summed E-state index contributed by atoms with van der Waals surface area (Å²) in [6.07, 6.45) is 1.90. The first-order valence-electron chi connectivity index (χ1n) is 5.58. The van der Waals surface area contributed by atoms with E-state index in [9.17, 15) is 10.1 Å². The third-order valence-corrected chi connectivity index (χ3v) is 5.08. The van der Waals surface area contributed by atoms with Crippen LogP contribution >= 0.6 is 34.9 Å². The van der Waals surface area contributed by atoms with Gasteiger partial charge in [0.05, 0.1) is 4.92 Å². The van der Waals surface area contributed by atoms with E-state index in [1.807, 2.05) is 13.2 Å². The number of anilines is 1. The standard InChI is InChI=1S/C10H11N5O2S3/c1-3-11-7-5-4-6(15(16)17)8(12-7)19-10-14-13-9(18-2)20-10/h4-5H,3H2,1-2H3,(H,11,12). The third kappa shape index (κ3) is 3.58. The zero-order valence-electron chi connectivity index (χ0n) is 10.7. The Morgan fingerprint density at radius 1 is 1.40 bits per heavy atom. The molecule has 0 saturated carbocycles. The Labute approximate surface area is 127 Å². The molecule has 7 nitrogen and oxygen atoms in total. The summed E-state index contributed by atoms with van der Waals surface area (Å²) in [4.78, 5) is 14.9. The molecule has 2 aromatic heterocycles. The van der Waals surface area contributed by atoms with Crippen molar-refractivity contribution in [2.45, 2.75) is 20.6 Å². The molecule has 1 N–H and O–H groups in total. The predicted molar refractivity (Wildman–Crippen MR) is 80.9 cm³/mol. The fourth-order valence-corrected chi connectivity index (χ4v) is 3.77. The number of hydrogen-bond acceptors (Lipinski definition) is 9. The molecule has 0 radical (unpaired) electrons. The van der Waals surface area contributed by atoms with Crippen LogP contribution in [0.5, 0.6) is 0 Å². The molecule has 0 aliphatic rings. The van der Waals surface area contributed by atoms with Gasteiger partial charge in [0.15, 0.2) is 13.7 Å². The first-order valence-corrected chi connectivity index (χ1v) is 8.44. The van der Waals surface area contributed by atoms with Crippen molar-refractivity contribution in [3.8, 4) is 0 Å². The maximum atomic E-state index is 11.0. The van der Waals surface area contributed by atoms with Crippen molar-refractivity contribution in [3.05, 3.63) is 22.2 Å². The lowest BCUT2D eigenvalue weighted by Gasteiger charge is -2.04. The third-order valence-electron chi connectivity index (χ3n) is 2.14. The molecule has 0 amide bonds. The zero-order chi connectivity index (χ0) is 14.5. The first-order chi connectivity index (χ1) is 9.63. The monoisotopic (exact) mass is 329 g/mol. The molecule has 2 rings (SSSR count). The highest BCUT2D eigenvalue weighted by Gasteiger charge is 2.19. The fourth-order valence-electron chi connectivity index (χ4n) is 1.33. The SMILES string of the molecule is CCNc1ccc([N+](=O)[O-])c(Sc2nnc(SC)s2)n1. The second-order valence-corrected chi connectivity index (χ2v) is 6.72. The van der Waals surface area contributed by atoms with Gasteiger partial charge in [0, 0.05) is 12.6 Å². The van der Waals surface area contributed by atoms with Crippen molar-refractivity contribution in [1.82, 2.24) is 15.2 Å². The van der Waals surface area contributed by atoms with Crippen LogP contribution in [-0.4, -0.2) is 32.9 Å². The van der Waals surface area contributed by atoms with Gasteiger partial charge in [-0.05, 0) is 31.0 Å². The molecule has 0 aliphatic heterocycles. The van der Waals surface area contributed by atoms with E-state index in [-0.39, 0.29) is 5.69 Å². The summed E-state index contributed by atoms with van der Waals surface area (Å²) < 4.78 is 1.46. The van der Waals surface area contributed by atoms with Crippen molar-refractivity contribution < 1.29 is 4.92 Å². The van der Waals surface area contributed by atoms with Crippen LogP contribution in [0.4, 0.5) is 11.5 Å². The summed E-state index contributed by atoms with van der Waals surface area (Å²) in [5.41, 5.74) is -0.0300. The maximum Gasteiger partial charge on any atom is 0.301 e. The molecule has 0 atom stereocenters. The van der Waals surface area contributed by atoms with Gasteiger partial charge in [0.25, 0.3) is 0 Å². The molecular formula is C10H11N5O2S3. The average Bonchev–Trinajstić information content (AvgIpc) is 2.87. The van der Waals surface area contributed by atoms with Crippen LogP contribution in [-0.2, 0) is 0 Å². The van der Waals surface area contributed by atoms with E-state index in [0.717, 1.165) is 16.1 Å². The Morgan fingerprint density at radius 3 is 2.75 bits per heavy atom. The Hall–Kier alpha value is -1.39. The average molecular weight is 329 g/mol. The van der Waals surface area contributed by atoms with Gasteiger partial charge >= 0.3 is 5.69 Å². The summed E-state index contributed by atoms with van der Waals surface area (Å²) >= 11 is 4.03. The minimum Gasteiger partial charge on any atom is -0.370 e. The number of nitrogens with one attached hydrogen (secondary N) is 1. The number of nitrogens with zero attached hydrogens (tertiary/aromatic N) is 4. The van der Waals surface area contributed by atoms with E-state index in [1.165, 1.54) is 29.2 Å². The molecule has 0 unspecified atom stereocenters. The van der Waals surface area contributed by atoms with Crippen molar-refractivity contribution in [2.75, 3.05) is 18.1 Å². The topological polar surface area (TPSA) is 93.8 Å². The van der Waals surface area contributed by atoms with Gasteiger partial charge in [-0.3, -0.25) is 10.1 Å². The molecular weight excluding hydrogens is 318 g/mol. The van der Waals surface area contributed by atoms with Crippen LogP contribution in [0.2, 0.25) is 0 Å². The molecule has 0 bridgehead atoms. The highest BCUT2D eigenvalue weighted by atomic mass is 32.2. The van der Waals surface area contributed by atoms with E-state index in [2.05, 4.69) is 20.5 Å². The summed E-state index contributed by atoms with van der Waals surface area (Å²) in [6, 6.07) is 3.04. The fraction of sp³-hybridized carbons (Fsp3) is 0.300. The molecule has 0 spiro atoms. The highest BCUT2D eigenvalue weighted by molar-refractivity contribution is 8.03. The minimum absolute atomic E-state index is 0.0300. The number of aromatic nitrogens is 3. The van der Waals surface area contributed by atoms with E-state index >= 15 is 0 Å². The summed E-state index contributed by atoms with van der Waals surface area (Å²) in [5, 5.41) is 22.3. The number of nitro groups is 1. The molecule has 10 heteroatoms. The lowest BCUT2D eigenvalue weighted by Crippen LogP contribution is -2.01. The number of rotatable bonds is 6. The van der Waals surface area contributed by atoms with Crippen LogP contribution in [0.25, 0.3) is 0 Å². The van der Waals surface area contributed by atoms with Crippen LogP contribution in [0, 0.1) is 10.1 Å². The van der Waals surface area contributed by atoms with Crippen LogP contribution in [0.3, 0.4) is 0 Å². The van der Waals surface area contributed by atoms with Crippen molar-refractivity contribution in [3.63, 3.8) is 0 Å². The van der Waals surface area contributed by atoms with Crippen LogP contribution < -0.4 is 5.32 Å². The van der Waals surface area contributed by atoms with Crippen LogP contribution in [0.15, 0.2) is 25.8 Å². The first kappa shape index (κ1) is 15.0. The van der Waals surface area contributed by atoms with E-state index in [4.69, 9.17) is 0 Å². The number of pyridine rings is 1. The number of hydrogen-bond donors (Lipinski definition) is 1. The second kappa shape index (κ2) is 6.86.